The fraction of sp³-hybridized carbons (Fsp3) is 0.455. The van der Waals surface area contributed by atoms with Crippen LogP contribution in [0.1, 0.15) is 39.5 Å². The standard InChI is InChI=1S/C22H33N3O2/c1-3-13-25(14-4-2)15-5-6-16-26-18-7-9-19(10-8-18)27-20-11-12-21(23)22(24)17-20/h7-12,17H,3-6,13-16,23-24H2,1-2H3. The van der Waals surface area contributed by atoms with Crippen molar-refractivity contribution in [3.05, 3.63) is 42.5 Å². The molecule has 0 aliphatic rings. The summed E-state index contributed by atoms with van der Waals surface area (Å²) >= 11 is 0. The van der Waals surface area contributed by atoms with Gasteiger partial charge in [-0.3, -0.25) is 0 Å². The monoisotopic (exact) mass is 371 g/mol. The van der Waals surface area contributed by atoms with E-state index in [0.29, 0.717) is 17.1 Å². The molecule has 0 saturated carbocycles. The van der Waals surface area contributed by atoms with Crippen LogP contribution in [0.5, 0.6) is 17.2 Å². The Morgan fingerprint density at radius 3 is 2.00 bits per heavy atom. The molecular weight excluding hydrogens is 338 g/mol. The Kier molecular flexibility index (Phi) is 8.78. The second kappa shape index (κ2) is 11.3. The largest absolute Gasteiger partial charge is 0.494 e. The summed E-state index contributed by atoms with van der Waals surface area (Å²) in [4.78, 5) is 2.54. The number of benzene rings is 2. The zero-order valence-electron chi connectivity index (χ0n) is 16.6. The van der Waals surface area contributed by atoms with Gasteiger partial charge in [-0.2, -0.15) is 0 Å². The highest BCUT2D eigenvalue weighted by molar-refractivity contribution is 5.65. The minimum absolute atomic E-state index is 0.517. The van der Waals surface area contributed by atoms with Crippen LogP contribution in [0.15, 0.2) is 42.5 Å². The first-order valence-electron chi connectivity index (χ1n) is 9.90. The quantitative estimate of drug-likeness (QED) is 0.409. The van der Waals surface area contributed by atoms with Gasteiger partial charge in [0, 0.05) is 6.07 Å². The first-order valence-corrected chi connectivity index (χ1v) is 9.90. The van der Waals surface area contributed by atoms with E-state index in [1.165, 1.54) is 32.4 Å². The van der Waals surface area contributed by atoms with E-state index >= 15 is 0 Å². The van der Waals surface area contributed by atoms with Gasteiger partial charge in [-0.1, -0.05) is 13.8 Å². The summed E-state index contributed by atoms with van der Waals surface area (Å²) in [6.07, 6.45) is 4.66. The van der Waals surface area contributed by atoms with Crippen LogP contribution in [-0.4, -0.2) is 31.1 Å². The third kappa shape index (κ3) is 7.39. The van der Waals surface area contributed by atoms with E-state index in [9.17, 15) is 0 Å². The molecule has 2 rings (SSSR count). The number of nitrogens with two attached hydrogens (primary N) is 2. The van der Waals surface area contributed by atoms with Gasteiger partial charge in [0.15, 0.2) is 0 Å². The lowest BCUT2D eigenvalue weighted by molar-refractivity contribution is 0.250. The zero-order chi connectivity index (χ0) is 19.5. The van der Waals surface area contributed by atoms with Crippen LogP contribution in [0.4, 0.5) is 11.4 Å². The third-order valence-corrected chi connectivity index (χ3v) is 4.33. The van der Waals surface area contributed by atoms with E-state index < -0.39 is 0 Å². The zero-order valence-corrected chi connectivity index (χ0v) is 16.6. The Balaban J connectivity index is 1.71. The maximum atomic E-state index is 5.84. The summed E-state index contributed by atoms with van der Waals surface area (Å²) in [7, 11) is 0. The second-order valence-corrected chi connectivity index (χ2v) is 6.76. The SMILES string of the molecule is CCCN(CCC)CCCCOc1ccc(Oc2ccc(N)c(N)c2)cc1. The minimum Gasteiger partial charge on any atom is -0.494 e. The number of ether oxygens (including phenoxy) is 2. The fourth-order valence-electron chi connectivity index (χ4n) is 2.95. The Bertz CT molecular complexity index is 668. The second-order valence-electron chi connectivity index (χ2n) is 6.76. The molecule has 2 aromatic rings. The van der Waals surface area contributed by atoms with E-state index in [-0.39, 0.29) is 0 Å². The van der Waals surface area contributed by atoms with Crippen LogP contribution >= 0.6 is 0 Å². The predicted molar refractivity (Wildman–Crippen MR) is 114 cm³/mol. The number of nitrogen functional groups attached to an aromatic ring is 2. The highest BCUT2D eigenvalue weighted by Crippen LogP contribution is 2.27. The number of hydrogen-bond donors (Lipinski definition) is 2. The molecule has 0 aliphatic heterocycles. The fourth-order valence-corrected chi connectivity index (χ4v) is 2.95. The van der Waals surface area contributed by atoms with E-state index in [2.05, 4.69) is 18.7 Å². The molecule has 0 heterocycles. The molecule has 0 fully saturated rings. The van der Waals surface area contributed by atoms with Crippen LogP contribution in [0.3, 0.4) is 0 Å². The molecule has 0 aliphatic carbocycles. The van der Waals surface area contributed by atoms with E-state index in [0.717, 1.165) is 31.1 Å². The van der Waals surface area contributed by atoms with Gasteiger partial charge >= 0.3 is 0 Å². The maximum absolute atomic E-state index is 5.84. The van der Waals surface area contributed by atoms with Crippen LogP contribution in [0.25, 0.3) is 0 Å². The van der Waals surface area contributed by atoms with Crippen molar-refractivity contribution in [3.63, 3.8) is 0 Å². The lowest BCUT2D eigenvalue weighted by atomic mass is 10.2. The molecule has 5 heteroatoms. The van der Waals surface area contributed by atoms with Crippen molar-refractivity contribution in [1.29, 1.82) is 0 Å². The molecule has 0 bridgehead atoms. The van der Waals surface area contributed by atoms with Gasteiger partial charge in [0.1, 0.15) is 17.2 Å². The van der Waals surface area contributed by atoms with Gasteiger partial charge in [-0.05, 0) is 81.7 Å². The van der Waals surface area contributed by atoms with Crippen LogP contribution in [0, 0.1) is 0 Å². The topological polar surface area (TPSA) is 73.7 Å². The van der Waals surface area contributed by atoms with Crippen LogP contribution < -0.4 is 20.9 Å². The Morgan fingerprint density at radius 2 is 1.37 bits per heavy atom. The Labute approximate surface area is 163 Å². The molecule has 148 valence electrons. The first kappa shape index (κ1) is 20.9. The van der Waals surface area contributed by atoms with Gasteiger partial charge in [0.2, 0.25) is 0 Å². The summed E-state index contributed by atoms with van der Waals surface area (Å²) < 4.78 is 11.6. The summed E-state index contributed by atoms with van der Waals surface area (Å²) in [6.45, 7) is 8.75. The molecule has 0 spiro atoms. The van der Waals surface area contributed by atoms with E-state index in [4.69, 9.17) is 20.9 Å². The van der Waals surface area contributed by atoms with Crippen LogP contribution in [-0.2, 0) is 0 Å². The normalized spacial score (nSPS) is 10.9. The summed E-state index contributed by atoms with van der Waals surface area (Å²) in [6, 6.07) is 12.9. The van der Waals surface area contributed by atoms with Crippen molar-refractivity contribution >= 4 is 11.4 Å². The Hall–Kier alpha value is -2.40. The van der Waals surface area contributed by atoms with Crippen molar-refractivity contribution in [3.8, 4) is 17.2 Å². The molecule has 27 heavy (non-hydrogen) atoms. The van der Waals surface area contributed by atoms with E-state index in [1.54, 1.807) is 18.2 Å². The van der Waals surface area contributed by atoms with Gasteiger partial charge in [0.25, 0.3) is 0 Å². The lowest BCUT2D eigenvalue weighted by Gasteiger charge is -2.20. The third-order valence-electron chi connectivity index (χ3n) is 4.33. The average Bonchev–Trinajstić information content (AvgIpc) is 2.66. The Morgan fingerprint density at radius 1 is 0.741 bits per heavy atom. The molecular formula is C22H33N3O2. The van der Waals surface area contributed by atoms with Gasteiger partial charge < -0.3 is 25.8 Å². The van der Waals surface area contributed by atoms with Crippen molar-refractivity contribution in [2.45, 2.75) is 39.5 Å². The molecule has 5 nitrogen and oxygen atoms in total. The molecule has 0 aromatic heterocycles. The number of rotatable bonds is 12. The number of nitrogens with zero attached hydrogens (tertiary/aromatic N) is 1. The maximum Gasteiger partial charge on any atom is 0.129 e. The number of anilines is 2. The minimum atomic E-state index is 0.517. The summed E-state index contributed by atoms with van der Waals surface area (Å²) in [5, 5.41) is 0. The number of unbranched alkanes of at least 4 members (excludes halogenated alkanes) is 1. The van der Waals surface area contributed by atoms with Crippen molar-refractivity contribution < 1.29 is 9.47 Å². The first-order chi connectivity index (χ1) is 13.1. The predicted octanol–water partition coefficient (Wildman–Crippen LogP) is 4.92. The van der Waals surface area contributed by atoms with Crippen molar-refractivity contribution in [2.75, 3.05) is 37.7 Å². The highest BCUT2D eigenvalue weighted by atomic mass is 16.5. The van der Waals surface area contributed by atoms with Crippen molar-refractivity contribution in [1.82, 2.24) is 4.90 Å². The molecule has 2 aromatic carbocycles. The summed E-state index contributed by atoms with van der Waals surface area (Å²) in [5.74, 6) is 2.26. The molecule has 4 N–H and O–H groups in total. The molecule has 0 unspecified atom stereocenters. The highest BCUT2D eigenvalue weighted by Gasteiger charge is 2.03. The van der Waals surface area contributed by atoms with Crippen molar-refractivity contribution in [2.24, 2.45) is 0 Å². The van der Waals surface area contributed by atoms with Gasteiger partial charge in [0.05, 0.1) is 18.0 Å². The number of hydrogen-bond acceptors (Lipinski definition) is 5. The molecule has 0 radical (unpaired) electrons. The molecule has 0 atom stereocenters. The molecule has 0 amide bonds. The van der Waals surface area contributed by atoms with E-state index in [1.807, 2.05) is 24.3 Å². The van der Waals surface area contributed by atoms with Gasteiger partial charge in [-0.25, -0.2) is 0 Å². The van der Waals surface area contributed by atoms with Gasteiger partial charge in [-0.15, -0.1) is 0 Å². The summed E-state index contributed by atoms with van der Waals surface area (Å²) in [5.41, 5.74) is 12.6. The van der Waals surface area contributed by atoms with Crippen LogP contribution in [0.2, 0.25) is 0 Å². The molecule has 0 saturated heterocycles. The smallest absolute Gasteiger partial charge is 0.129 e. The lowest BCUT2D eigenvalue weighted by Crippen LogP contribution is -2.26. The average molecular weight is 372 g/mol.